The zero-order valence-electron chi connectivity index (χ0n) is 18.8. The van der Waals surface area contributed by atoms with E-state index in [2.05, 4.69) is 4.98 Å². The average Bonchev–Trinajstić information content (AvgIpc) is 3.49. The Bertz CT molecular complexity index is 1310. The van der Waals surface area contributed by atoms with Crippen LogP contribution in [0.1, 0.15) is 18.4 Å². The molecule has 188 valence electrons. The Hall–Kier alpha value is -2.12. The number of benzene rings is 2. The second-order valence-corrected chi connectivity index (χ2v) is 11.3. The highest BCUT2D eigenvalue weighted by Crippen LogP contribution is 2.31. The van der Waals surface area contributed by atoms with Crippen molar-refractivity contribution in [3.05, 3.63) is 53.3 Å². The molecule has 12 heteroatoms. The largest absolute Gasteiger partial charge is 0.379 e. The molecule has 0 N–H and O–H groups in total. The Morgan fingerprint density at radius 1 is 1.06 bits per heavy atom. The van der Waals surface area contributed by atoms with Crippen molar-refractivity contribution >= 4 is 32.8 Å². The number of ether oxygens (including phenoxy) is 2. The van der Waals surface area contributed by atoms with E-state index in [0.29, 0.717) is 50.1 Å². The Morgan fingerprint density at radius 3 is 2.49 bits per heavy atom. The summed E-state index contributed by atoms with van der Waals surface area (Å²) >= 11 is 1.24. The summed E-state index contributed by atoms with van der Waals surface area (Å²) in [6.45, 7) is 2.47. The number of imidazole rings is 1. The lowest BCUT2D eigenvalue weighted by atomic mass is 10.2. The molecule has 0 amide bonds. The highest BCUT2D eigenvalue weighted by atomic mass is 32.2. The Kier molecular flexibility index (Phi) is 7.09. The number of nitrogens with zero attached hydrogens (tertiary/aromatic N) is 3. The van der Waals surface area contributed by atoms with E-state index in [4.69, 9.17) is 9.47 Å². The van der Waals surface area contributed by atoms with Gasteiger partial charge in [-0.3, -0.25) is 0 Å². The van der Waals surface area contributed by atoms with Crippen LogP contribution in [0.4, 0.5) is 13.2 Å². The highest BCUT2D eigenvalue weighted by molar-refractivity contribution is 7.98. The van der Waals surface area contributed by atoms with Crippen LogP contribution in [0, 0.1) is 17.5 Å². The first-order valence-corrected chi connectivity index (χ1v) is 13.7. The number of morpholine rings is 1. The fraction of sp³-hybridized carbons (Fsp3) is 0.435. The van der Waals surface area contributed by atoms with Gasteiger partial charge in [-0.15, -0.1) is 0 Å². The van der Waals surface area contributed by atoms with E-state index < -0.39 is 27.5 Å². The molecular formula is C23H24F3N3O4S2. The third kappa shape index (κ3) is 5.08. The number of sulfonamides is 1. The Labute approximate surface area is 205 Å². The van der Waals surface area contributed by atoms with E-state index in [9.17, 15) is 21.6 Å². The van der Waals surface area contributed by atoms with E-state index in [-0.39, 0.29) is 22.3 Å². The molecule has 1 aromatic heterocycles. The van der Waals surface area contributed by atoms with Crippen molar-refractivity contribution in [2.45, 2.75) is 41.3 Å². The van der Waals surface area contributed by atoms with Crippen molar-refractivity contribution in [2.75, 3.05) is 32.9 Å². The molecule has 0 aliphatic carbocycles. The SMILES string of the molecule is O=S(=O)(c1ccc2c(c1)nc(SCc1cc(F)c(F)c(F)c1)n2C[C@H]1CCCO1)N1CCOCC1. The van der Waals surface area contributed by atoms with Gasteiger partial charge in [-0.05, 0) is 48.7 Å². The van der Waals surface area contributed by atoms with Crippen molar-refractivity contribution in [3.8, 4) is 0 Å². The fourth-order valence-corrected chi connectivity index (χ4v) is 6.68. The summed E-state index contributed by atoms with van der Waals surface area (Å²) in [6, 6.07) is 6.77. The van der Waals surface area contributed by atoms with Gasteiger partial charge in [-0.25, -0.2) is 26.6 Å². The highest BCUT2D eigenvalue weighted by Gasteiger charge is 2.28. The molecule has 2 fully saturated rings. The summed E-state index contributed by atoms with van der Waals surface area (Å²) in [4.78, 5) is 4.80. The lowest BCUT2D eigenvalue weighted by molar-refractivity contribution is 0.0730. The smallest absolute Gasteiger partial charge is 0.243 e. The molecule has 1 atom stereocenters. The van der Waals surface area contributed by atoms with Crippen molar-refractivity contribution < 1.29 is 31.1 Å². The van der Waals surface area contributed by atoms with Crippen LogP contribution in [0.5, 0.6) is 0 Å². The molecule has 2 saturated heterocycles. The van der Waals surface area contributed by atoms with Crippen LogP contribution in [-0.4, -0.2) is 61.3 Å². The number of fused-ring (bicyclic) bond motifs is 1. The third-order valence-electron chi connectivity index (χ3n) is 6.11. The average molecular weight is 528 g/mol. The number of thioether (sulfide) groups is 1. The molecule has 0 radical (unpaired) electrons. The van der Waals surface area contributed by atoms with Gasteiger partial charge in [0.2, 0.25) is 10.0 Å². The molecule has 35 heavy (non-hydrogen) atoms. The van der Waals surface area contributed by atoms with Crippen LogP contribution in [0.25, 0.3) is 11.0 Å². The van der Waals surface area contributed by atoms with Gasteiger partial charge in [0.05, 0.1) is 41.8 Å². The minimum Gasteiger partial charge on any atom is -0.379 e. The van der Waals surface area contributed by atoms with Gasteiger partial charge in [0, 0.05) is 25.4 Å². The molecule has 3 aromatic rings. The van der Waals surface area contributed by atoms with E-state index in [1.54, 1.807) is 18.2 Å². The molecule has 2 aliphatic heterocycles. The summed E-state index contributed by atoms with van der Waals surface area (Å²) in [7, 11) is -3.69. The molecule has 2 aromatic carbocycles. The Morgan fingerprint density at radius 2 is 1.80 bits per heavy atom. The van der Waals surface area contributed by atoms with Gasteiger partial charge in [-0.1, -0.05) is 11.8 Å². The maximum absolute atomic E-state index is 13.7. The van der Waals surface area contributed by atoms with E-state index >= 15 is 0 Å². The van der Waals surface area contributed by atoms with Crippen LogP contribution in [0.2, 0.25) is 0 Å². The normalized spacial score (nSPS) is 19.6. The van der Waals surface area contributed by atoms with E-state index in [0.717, 1.165) is 30.5 Å². The van der Waals surface area contributed by atoms with Crippen molar-refractivity contribution in [1.29, 1.82) is 0 Å². The van der Waals surface area contributed by atoms with E-state index in [1.807, 2.05) is 4.57 Å². The second-order valence-electron chi connectivity index (χ2n) is 8.47. The molecule has 2 aliphatic rings. The Balaban J connectivity index is 1.47. The lowest BCUT2D eigenvalue weighted by Gasteiger charge is -2.26. The minimum atomic E-state index is -3.69. The summed E-state index contributed by atoms with van der Waals surface area (Å²) < 4.78 is 81.3. The number of halogens is 3. The van der Waals surface area contributed by atoms with Crippen LogP contribution in [0.15, 0.2) is 40.4 Å². The molecule has 0 bridgehead atoms. The maximum Gasteiger partial charge on any atom is 0.243 e. The zero-order valence-corrected chi connectivity index (χ0v) is 20.4. The van der Waals surface area contributed by atoms with Gasteiger partial charge in [-0.2, -0.15) is 4.31 Å². The van der Waals surface area contributed by atoms with E-state index in [1.165, 1.54) is 16.1 Å². The zero-order chi connectivity index (χ0) is 24.6. The van der Waals surface area contributed by atoms with Crippen molar-refractivity contribution in [3.63, 3.8) is 0 Å². The first-order valence-electron chi connectivity index (χ1n) is 11.3. The molecular weight excluding hydrogens is 503 g/mol. The first kappa shape index (κ1) is 24.6. The molecule has 0 saturated carbocycles. The van der Waals surface area contributed by atoms with Gasteiger partial charge in [0.15, 0.2) is 22.6 Å². The topological polar surface area (TPSA) is 73.7 Å². The first-order chi connectivity index (χ1) is 16.8. The van der Waals surface area contributed by atoms with Crippen molar-refractivity contribution in [2.24, 2.45) is 0 Å². The van der Waals surface area contributed by atoms with Crippen LogP contribution in [0.3, 0.4) is 0 Å². The van der Waals surface area contributed by atoms with Crippen molar-refractivity contribution in [1.82, 2.24) is 13.9 Å². The third-order valence-corrected chi connectivity index (χ3v) is 9.06. The van der Waals surface area contributed by atoms with Gasteiger partial charge in [0.1, 0.15) is 0 Å². The van der Waals surface area contributed by atoms with Gasteiger partial charge >= 0.3 is 0 Å². The fourth-order valence-electron chi connectivity index (χ4n) is 4.30. The molecule has 7 nitrogen and oxygen atoms in total. The number of aromatic nitrogens is 2. The molecule has 3 heterocycles. The molecule has 0 spiro atoms. The van der Waals surface area contributed by atoms with Gasteiger partial charge < -0.3 is 14.0 Å². The van der Waals surface area contributed by atoms with Crippen LogP contribution < -0.4 is 0 Å². The molecule has 5 rings (SSSR count). The number of hydrogen-bond donors (Lipinski definition) is 0. The summed E-state index contributed by atoms with van der Waals surface area (Å²) in [6.07, 6.45) is 1.83. The maximum atomic E-state index is 13.7. The second kappa shape index (κ2) is 10.1. The quantitative estimate of drug-likeness (QED) is 0.342. The lowest BCUT2D eigenvalue weighted by Crippen LogP contribution is -2.40. The minimum absolute atomic E-state index is 0.00998. The predicted octanol–water partition coefficient (Wildman–Crippen LogP) is 3.95. The summed E-state index contributed by atoms with van der Waals surface area (Å²) in [5.41, 5.74) is 1.51. The van der Waals surface area contributed by atoms with Gasteiger partial charge in [0.25, 0.3) is 0 Å². The summed E-state index contributed by atoms with van der Waals surface area (Å²) in [5, 5.41) is 0.557. The molecule has 0 unspecified atom stereocenters. The van der Waals surface area contributed by atoms with Crippen LogP contribution in [-0.2, 0) is 31.8 Å². The standard InChI is InChI=1S/C23H24F3N3O4S2/c24-18-10-15(11-19(25)22(18)26)14-34-23-27-20-12-17(35(30,31)28-5-8-32-9-6-28)3-4-21(20)29(23)13-16-2-1-7-33-16/h3-4,10-12,16H,1-2,5-9,13-14H2/t16-/m1/s1. The monoisotopic (exact) mass is 527 g/mol. The summed E-state index contributed by atoms with van der Waals surface area (Å²) in [5.74, 6) is -3.83. The number of rotatable bonds is 7. The number of hydrogen-bond acceptors (Lipinski definition) is 6. The van der Waals surface area contributed by atoms with Crippen LogP contribution >= 0.6 is 11.8 Å². The predicted molar refractivity (Wildman–Crippen MR) is 124 cm³/mol.